The summed E-state index contributed by atoms with van der Waals surface area (Å²) in [6.07, 6.45) is 1.15. The third kappa shape index (κ3) is 2.22. The van der Waals surface area contributed by atoms with Gasteiger partial charge in [-0.2, -0.15) is 0 Å². The maximum atomic E-state index is 3.76. The Labute approximate surface area is 122 Å². The number of nitrogens with one attached hydrogen (secondary N) is 1. The van der Waals surface area contributed by atoms with Crippen LogP contribution in [0.1, 0.15) is 40.8 Å². The van der Waals surface area contributed by atoms with Crippen molar-refractivity contribution in [1.29, 1.82) is 0 Å². The van der Waals surface area contributed by atoms with Crippen LogP contribution in [-0.4, -0.2) is 0 Å². The molecule has 104 valence electrons. The van der Waals surface area contributed by atoms with E-state index in [1.807, 2.05) is 0 Å². The van der Waals surface area contributed by atoms with Gasteiger partial charge in [-0.3, -0.25) is 0 Å². The SMILES string of the molecule is Cc1cc(C)c(C2Nc3ccccc3CC2C)c(C)c1. The van der Waals surface area contributed by atoms with Crippen molar-refractivity contribution in [1.82, 2.24) is 0 Å². The average molecular weight is 265 g/mol. The van der Waals surface area contributed by atoms with Gasteiger partial charge in [-0.05, 0) is 61.4 Å². The Morgan fingerprint density at radius 1 is 1.00 bits per heavy atom. The minimum atomic E-state index is 0.422. The Morgan fingerprint density at radius 3 is 2.35 bits per heavy atom. The zero-order chi connectivity index (χ0) is 14.3. The maximum Gasteiger partial charge on any atom is 0.0547 e. The van der Waals surface area contributed by atoms with Gasteiger partial charge in [0.15, 0.2) is 0 Å². The molecule has 20 heavy (non-hydrogen) atoms. The third-order valence-electron chi connectivity index (χ3n) is 4.49. The number of hydrogen-bond acceptors (Lipinski definition) is 1. The maximum absolute atomic E-state index is 3.76. The van der Waals surface area contributed by atoms with Crippen molar-refractivity contribution in [2.45, 2.75) is 40.2 Å². The van der Waals surface area contributed by atoms with Crippen molar-refractivity contribution in [2.24, 2.45) is 5.92 Å². The lowest BCUT2D eigenvalue weighted by Crippen LogP contribution is -2.27. The second kappa shape index (κ2) is 4.97. The van der Waals surface area contributed by atoms with E-state index in [9.17, 15) is 0 Å². The van der Waals surface area contributed by atoms with Crippen molar-refractivity contribution in [2.75, 3.05) is 5.32 Å². The van der Waals surface area contributed by atoms with Gasteiger partial charge in [0, 0.05) is 5.69 Å². The number of hydrogen-bond donors (Lipinski definition) is 1. The van der Waals surface area contributed by atoms with Gasteiger partial charge in [0.1, 0.15) is 0 Å². The second-order valence-electron chi connectivity index (χ2n) is 6.27. The van der Waals surface area contributed by atoms with Crippen LogP contribution in [0.3, 0.4) is 0 Å². The Bertz CT molecular complexity index is 619. The summed E-state index contributed by atoms with van der Waals surface area (Å²) in [5, 5.41) is 3.76. The monoisotopic (exact) mass is 265 g/mol. The smallest absolute Gasteiger partial charge is 0.0547 e. The molecule has 0 saturated heterocycles. The molecule has 0 bridgehead atoms. The van der Waals surface area contributed by atoms with Crippen LogP contribution in [0.25, 0.3) is 0 Å². The van der Waals surface area contributed by atoms with E-state index in [-0.39, 0.29) is 0 Å². The van der Waals surface area contributed by atoms with Crippen LogP contribution in [0.4, 0.5) is 5.69 Å². The van der Waals surface area contributed by atoms with Crippen LogP contribution >= 0.6 is 0 Å². The molecule has 0 radical (unpaired) electrons. The highest BCUT2D eigenvalue weighted by atomic mass is 14.9. The fourth-order valence-corrected chi connectivity index (χ4v) is 3.65. The van der Waals surface area contributed by atoms with Gasteiger partial charge in [-0.1, -0.05) is 42.8 Å². The first-order valence-electron chi connectivity index (χ1n) is 7.48. The summed E-state index contributed by atoms with van der Waals surface area (Å²) < 4.78 is 0. The first kappa shape index (κ1) is 13.2. The zero-order valence-corrected chi connectivity index (χ0v) is 12.8. The van der Waals surface area contributed by atoms with E-state index in [0.29, 0.717) is 12.0 Å². The quantitative estimate of drug-likeness (QED) is 0.768. The van der Waals surface area contributed by atoms with Crippen molar-refractivity contribution in [3.05, 3.63) is 64.2 Å². The van der Waals surface area contributed by atoms with Gasteiger partial charge in [0.05, 0.1) is 6.04 Å². The number of benzene rings is 2. The topological polar surface area (TPSA) is 12.0 Å². The molecule has 1 aliphatic heterocycles. The number of fused-ring (bicyclic) bond motifs is 1. The van der Waals surface area contributed by atoms with Crippen LogP contribution in [0.15, 0.2) is 36.4 Å². The molecule has 2 aromatic rings. The molecule has 1 nitrogen and oxygen atoms in total. The molecular formula is C19H23N. The molecule has 1 heteroatoms. The van der Waals surface area contributed by atoms with Crippen molar-refractivity contribution in [3.63, 3.8) is 0 Å². The van der Waals surface area contributed by atoms with Gasteiger partial charge >= 0.3 is 0 Å². The van der Waals surface area contributed by atoms with E-state index in [0.717, 1.165) is 6.42 Å². The fraction of sp³-hybridized carbons (Fsp3) is 0.368. The molecule has 1 aliphatic rings. The largest absolute Gasteiger partial charge is 0.378 e. The molecule has 0 aromatic heterocycles. The predicted molar refractivity (Wildman–Crippen MR) is 86.3 cm³/mol. The summed E-state index contributed by atoms with van der Waals surface area (Å²) in [6, 6.07) is 13.7. The van der Waals surface area contributed by atoms with E-state index in [1.54, 1.807) is 0 Å². The molecule has 0 saturated carbocycles. The third-order valence-corrected chi connectivity index (χ3v) is 4.49. The molecule has 1 heterocycles. The van der Waals surface area contributed by atoms with E-state index in [2.05, 4.69) is 69.4 Å². The number of aryl methyl sites for hydroxylation is 3. The fourth-order valence-electron chi connectivity index (χ4n) is 3.65. The van der Waals surface area contributed by atoms with Gasteiger partial charge in [-0.15, -0.1) is 0 Å². The van der Waals surface area contributed by atoms with Crippen LogP contribution in [0.2, 0.25) is 0 Å². The summed E-state index contributed by atoms with van der Waals surface area (Å²) in [6.45, 7) is 9.01. The van der Waals surface area contributed by atoms with E-state index < -0.39 is 0 Å². The molecule has 2 atom stereocenters. The average Bonchev–Trinajstić information content (AvgIpc) is 2.38. The van der Waals surface area contributed by atoms with Crippen molar-refractivity contribution < 1.29 is 0 Å². The minimum Gasteiger partial charge on any atom is -0.378 e. The van der Waals surface area contributed by atoms with Crippen LogP contribution in [0.5, 0.6) is 0 Å². The molecule has 3 rings (SSSR count). The lowest BCUT2D eigenvalue weighted by atomic mass is 9.81. The molecule has 0 amide bonds. The highest BCUT2D eigenvalue weighted by Gasteiger charge is 2.27. The molecule has 0 fully saturated rings. The van der Waals surface area contributed by atoms with Crippen LogP contribution in [0, 0.1) is 26.7 Å². The summed E-state index contributed by atoms with van der Waals surface area (Å²) in [5.74, 6) is 0.616. The van der Waals surface area contributed by atoms with E-state index in [1.165, 1.54) is 33.5 Å². The second-order valence-corrected chi connectivity index (χ2v) is 6.27. The summed E-state index contributed by atoms with van der Waals surface area (Å²) in [4.78, 5) is 0. The first-order valence-corrected chi connectivity index (χ1v) is 7.48. The highest BCUT2D eigenvalue weighted by Crippen LogP contribution is 2.38. The Kier molecular flexibility index (Phi) is 3.29. The van der Waals surface area contributed by atoms with Crippen molar-refractivity contribution >= 4 is 5.69 Å². The van der Waals surface area contributed by atoms with Crippen LogP contribution in [-0.2, 0) is 6.42 Å². The van der Waals surface area contributed by atoms with Gasteiger partial charge in [0.2, 0.25) is 0 Å². The minimum absolute atomic E-state index is 0.422. The molecule has 0 spiro atoms. The Morgan fingerprint density at radius 2 is 1.65 bits per heavy atom. The summed E-state index contributed by atoms with van der Waals surface area (Å²) >= 11 is 0. The Balaban J connectivity index is 2.04. The standard InChI is InChI=1S/C19H23N/c1-12-9-13(2)18(14(3)10-12)19-15(4)11-16-7-5-6-8-17(16)20-19/h5-10,15,19-20H,11H2,1-4H3. The van der Waals surface area contributed by atoms with Crippen LogP contribution < -0.4 is 5.32 Å². The van der Waals surface area contributed by atoms with Crippen molar-refractivity contribution in [3.8, 4) is 0 Å². The number of anilines is 1. The normalized spacial score (nSPS) is 21.2. The molecule has 0 aliphatic carbocycles. The predicted octanol–water partition coefficient (Wildman–Crippen LogP) is 4.96. The van der Waals surface area contributed by atoms with Gasteiger partial charge in [-0.25, -0.2) is 0 Å². The number of rotatable bonds is 1. The molecular weight excluding hydrogens is 242 g/mol. The molecule has 2 aromatic carbocycles. The first-order chi connectivity index (χ1) is 9.56. The number of para-hydroxylation sites is 1. The van der Waals surface area contributed by atoms with E-state index in [4.69, 9.17) is 0 Å². The van der Waals surface area contributed by atoms with Gasteiger partial charge in [0.25, 0.3) is 0 Å². The lowest BCUT2D eigenvalue weighted by molar-refractivity contribution is 0.476. The molecule has 2 unspecified atom stereocenters. The summed E-state index contributed by atoms with van der Waals surface area (Å²) in [5.41, 5.74) is 8.40. The Hall–Kier alpha value is -1.76. The zero-order valence-electron chi connectivity index (χ0n) is 12.8. The summed E-state index contributed by atoms with van der Waals surface area (Å²) in [7, 11) is 0. The lowest BCUT2D eigenvalue weighted by Gasteiger charge is -2.35. The van der Waals surface area contributed by atoms with E-state index >= 15 is 0 Å². The highest BCUT2D eigenvalue weighted by molar-refractivity contribution is 5.57. The molecule has 1 N–H and O–H groups in total. The van der Waals surface area contributed by atoms with Gasteiger partial charge < -0.3 is 5.32 Å².